The van der Waals surface area contributed by atoms with E-state index in [4.69, 9.17) is 5.26 Å². The highest BCUT2D eigenvalue weighted by Gasteiger charge is 2.22. The number of hydrogen-bond acceptors (Lipinski definition) is 8. The van der Waals surface area contributed by atoms with Gasteiger partial charge in [-0.2, -0.15) is 10.4 Å². The summed E-state index contributed by atoms with van der Waals surface area (Å²) in [6.07, 6.45) is 8.95. The molecule has 1 saturated heterocycles. The van der Waals surface area contributed by atoms with Gasteiger partial charge < -0.3 is 9.80 Å². The number of anilines is 2. The molecule has 3 aromatic heterocycles. The summed E-state index contributed by atoms with van der Waals surface area (Å²) in [4.78, 5) is 21.8. The predicted octanol–water partition coefficient (Wildman–Crippen LogP) is 0.857. The summed E-state index contributed by atoms with van der Waals surface area (Å²) in [5.41, 5.74) is 0.775. The zero-order valence-corrected chi connectivity index (χ0v) is 13.7. The van der Waals surface area contributed by atoms with Crippen LogP contribution in [0, 0.1) is 11.3 Å². The molecule has 0 unspecified atom stereocenters. The summed E-state index contributed by atoms with van der Waals surface area (Å²) in [5, 5.41) is 14.1. The standard InChI is InChI=1S/C16H17N9/c17-2-1-5-25-16-13(10-22-25)15(20-12-21-16)24-8-6-23(7-9-24)14-11-18-3-4-19-14/h3-4,10-12H,1,5-9H2. The molecule has 1 aliphatic rings. The third-order valence-electron chi connectivity index (χ3n) is 4.30. The second-order valence-electron chi connectivity index (χ2n) is 5.75. The van der Waals surface area contributed by atoms with Crippen LogP contribution in [0.2, 0.25) is 0 Å². The Hall–Kier alpha value is -3.28. The molecule has 3 aromatic rings. The van der Waals surface area contributed by atoms with Gasteiger partial charge in [0.1, 0.15) is 18.0 Å². The molecule has 4 rings (SSSR count). The summed E-state index contributed by atoms with van der Waals surface area (Å²) < 4.78 is 1.76. The molecular weight excluding hydrogens is 318 g/mol. The lowest BCUT2D eigenvalue weighted by Gasteiger charge is -2.35. The molecule has 4 heterocycles. The van der Waals surface area contributed by atoms with Crippen LogP contribution in [0.4, 0.5) is 11.6 Å². The molecule has 9 nitrogen and oxygen atoms in total. The lowest BCUT2D eigenvalue weighted by molar-refractivity contribution is 0.638. The molecular formula is C16H17N9. The van der Waals surface area contributed by atoms with Crippen molar-refractivity contribution in [3.05, 3.63) is 31.1 Å². The van der Waals surface area contributed by atoms with E-state index in [0.29, 0.717) is 13.0 Å². The minimum Gasteiger partial charge on any atom is -0.352 e. The minimum absolute atomic E-state index is 0.410. The zero-order chi connectivity index (χ0) is 17.1. The Balaban J connectivity index is 1.53. The summed E-state index contributed by atoms with van der Waals surface area (Å²) in [6.45, 7) is 3.93. The van der Waals surface area contributed by atoms with Crippen molar-refractivity contribution in [1.82, 2.24) is 29.7 Å². The van der Waals surface area contributed by atoms with E-state index in [-0.39, 0.29) is 0 Å². The molecule has 0 bridgehead atoms. The van der Waals surface area contributed by atoms with Gasteiger partial charge in [-0.05, 0) is 0 Å². The fourth-order valence-electron chi connectivity index (χ4n) is 3.05. The van der Waals surface area contributed by atoms with E-state index in [2.05, 4.69) is 40.9 Å². The maximum absolute atomic E-state index is 8.77. The molecule has 126 valence electrons. The molecule has 0 N–H and O–H groups in total. The first-order valence-corrected chi connectivity index (χ1v) is 8.16. The van der Waals surface area contributed by atoms with Gasteiger partial charge >= 0.3 is 0 Å². The van der Waals surface area contributed by atoms with Gasteiger partial charge in [0, 0.05) is 38.6 Å². The van der Waals surface area contributed by atoms with Crippen LogP contribution in [0.15, 0.2) is 31.1 Å². The van der Waals surface area contributed by atoms with E-state index < -0.39 is 0 Å². The van der Waals surface area contributed by atoms with Gasteiger partial charge in [-0.15, -0.1) is 0 Å². The fraction of sp³-hybridized carbons (Fsp3) is 0.375. The number of aryl methyl sites for hydroxylation is 1. The van der Waals surface area contributed by atoms with Crippen molar-refractivity contribution in [3.63, 3.8) is 0 Å². The number of aromatic nitrogens is 6. The SMILES string of the molecule is N#CCCn1ncc2c(N3CCN(c4cnccn4)CC3)ncnc21. The third kappa shape index (κ3) is 2.94. The van der Waals surface area contributed by atoms with Crippen molar-refractivity contribution >= 4 is 22.7 Å². The van der Waals surface area contributed by atoms with Crippen molar-refractivity contribution in [2.24, 2.45) is 0 Å². The molecule has 0 amide bonds. The molecule has 0 spiro atoms. The summed E-state index contributed by atoms with van der Waals surface area (Å²) >= 11 is 0. The Labute approximate surface area is 144 Å². The fourth-order valence-corrected chi connectivity index (χ4v) is 3.05. The second kappa shape index (κ2) is 6.68. The number of fused-ring (bicyclic) bond motifs is 1. The van der Waals surface area contributed by atoms with Crippen molar-refractivity contribution in [2.45, 2.75) is 13.0 Å². The van der Waals surface area contributed by atoms with Crippen LogP contribution >= 0.6 is 0 Å². The summed E-state index contributed by atoms with van der Waals surface area (Å²) in [7, 11) is 0. The van der Waals surface area contributed by atoms with Crippen molar-refractivity contribution in [1.29, 1.82) is 5.26 Å². The molecule has 9 heteroatoms. The average Bonchev–Trinajstić information content (AvgIpc) is 3.10. The Kier molecular flexibility index (Phi) is 4.08. The number of rotatable bonds is 4. The topological polar surface area (TPSA) is 99.7 Å². The minimum atomic E-state index is 0.410. The van der Waals surface area contributed by atoms with Gasteiger partial charge in [-0.25, -0.2) is 19.6 Å². The number of hydrogen-bond donors (Lipinski definition) is 0. The van der Waals surface area contributed by atoms with Crippen LogP contribution in [0.1, 0.15) is 6.42 Å². The Morgan fingerprint density at radius 1 is 1.00 bits per heavy atom. The predicted molar refractivity (Wildman–Crippen MR) is 92.0 cm³/mol. The molecule has 0 radical (unpaired) electrons. The van der Waals surface area contributed by atoms with Gasteiger partial charge in [0.2, 0.25) is 0 Å². The Morgan fingerprint density at radius 2 is 1.84 bits per heavy atom. The van der Waals surface area contributed by atoms with Crippen LogP contribution in [0.25, 0.3) is 11.0 Å². The van der Waals surface area contributed by atoms with Crippen LogP contribution in [-0.4, -0.2) is 55.9 Å². The maximum Gasteiger partial charge on any atom is 0.163 e. The lowest BCUT2D eigenvalue weighted by Crippen LogP contribution is -2.47. The average molecular weight is 335 g/mol. The van der Waals surface area contributed by atoms with Crippen molar-refractivity contribution < 1.29 is 0 Å². The first-order valence-electron chi connectivity index (χ1n) is 8.16. The van der Waals surface area contributed by atoms with E-state index in [9.17, 15) is 0 Å². The molecule has 0 aromatic carbocycles. The third-order valence-corrected chi connectivity index (χ3v) is 4.30. The van der Waals surface area contributed by atoms with Crippen LogP contribution in [0.5, 0.6) is 0 Å². The molecule has 1 fully saturated rings. The van der Waals surface area contributed by atoms with Crippen LogP contribution < -0.4 is 9.80 Å². The smallest absolute Gasteiger partial charge is 0.163 e. The van der Waals surface area contributed by atoms with Crippen molar-refractivity contribution in [3.8, 4) is 6.07 Å². The van der Waals surface area contributed by atoms with E-state index in [1.54, 1.807) is 35.8 Å². The highest BCUT2D eigenvalue weighted by Crippen LogP contribution is 2.24. The Bertz CT molecular complexity index is 891. The van der Waals surface area contributed by atoms with Gasteiger partial charge in [-0.1, -0.05) is 0 Å². The number of nitrogens with zero attached hydrogens (tertiary/aromatic N) is 9. The first-order chi connectivity index (χ1) is 12.4. The van der Waals surface area contributed by atoms with E-state index in [0.717, 1.165) is 48.8 Å². The maximum atomic E-state index is 8.77. The zero-order valence-electron chi connectivity index (χ0n) is 13.7. The van der Waals surface area contributed by atoms with Gasteiger partial charge in [-0.3, -0.25) is 4.98 Å². The van der Waals surface area contributed by atoms with Gasteiger partial charge in [0.25, 0.3) is 0 Å². The van der Waals surface area contributed by atoms with E-state index in [1.165, 1.54) is 0 Å². The van der Waals surface area contributed by atoms with Gasteiger partial charge in [0.05, 0.1) is 36.8 Å². The molecule has 25 heavy (non-hydrogen) atoms. The molecule has 0 atom stereocenters. The number of piperazine rings is 1. The molecule has 1 aliphatic heterocycles. The Morgan fingerprint density at radius 3 is 2.60 bits per heavy atom. The largest absolute Gasteiger partial charge is 0.352 e. The molecule has 0 aliphatic carbocycles. The normalized spacial score (nSPS) is 14.7. The second-order valence-corrected chi connectivity index (χ2v) is 5.75. The highest BCUT2D eigenvalue weighted by molar-refractivity contribution is 5.86. The lowest BCUT2D eigenvalue weighted by atomic mass is 10.3. The monoisotopic (exact) mass is 335 g/mol. The van der Waals surface area contributed by atoms with Crippen LogP contribution in [-0.2, 0) is 6.54 Å². The van der Waals surface area contributed by atoms with Crippen LogP contribution in [0.3, 0.4) is 0 Å². The molecule has 0 saturated carbocycles. The van der Waals surface area contributed by atoms with Gasteiger partial charge in [0.15, 0.2) is 5.65 Å². The first kappa shape index (κ1) is 15.3. The summed E-state index contributed by atoms with van der Waals surface area (Å²) in [5.74, 6) is 1.80. The van der Waals surface area contributed by atoms with E-state index >= 15 is 0 Å². The quantitative estimate of drug-likeness (QED) is 0.692. The summed E-state index contributed by atoms with van der Waals surface area (Å²) in [6, 6.07) is 2.14. The number of nitriles is 1. The van der Waals surface area contributed by atoms with Crippen molar-refractivity contribution in [2.75, 3.05) is 36.0 Å². The van der Waals surface area contributed by atoms with E-state index in [1.807, 2.05) is 0 Å². The highest BCUT2D eigenvalue weighted by atomic mass is 15.3.